The summed E-state index contributed by atoms with van der Waals surface area (Å²) >= 11 is 0. The van der Waals surface area contributed by atoms with Crippen LogP contribution in [-0.2, 0) is 0 Å². The third-order valence-corrected chi connectivity index (χ3v) is 10.6. The number of anilines is 3. The van der Waals surface area contributed by atoms with Crippen LogP contribution >= 0.6 is 0 Å². The maximum absolute atomic E-state index is 2.42. The van der Waals surface area contributed by atoms with Crippen molar-refractivity contribution in [1.29, 1.82) is 0 Å². The second-order valence-corrected chi connectivity index (χ2v) is 13.6. The van der Waals surface area contributed by atoms with Gasteiger partial charge in [0, 0.05) is 17.1 Å². The molecule has 240 valence electrons. The van der Waals surface area contributed by atoms with E-state index >= 15 is 0 Å². The van der Waals surface area contributed by atoms with Crippen molar-refractivity contribution < 1.29 is 0 Å². The average Bonchev–Trinajstić information content (AvgIpc) is 3.20. The van der Waals surface area contributed by atoms with Gasteiger partial charge in [-0.2, -0.15) is 0 Å². The minimum atomic E-state index is 1.09. The number of benzene rings is 9. The molecule has 1 heteroatoms. The Bertz CT molecular complexity index is 2860. The number of allylic oxidation sites excluding steroid dienone is 4. The zero-order valence-electron chi connectivity index (χ0n) is 28.3. The molecule has 51 heavy (non-hydrogen) atoms. The first kappa shape index (κ1) is 29.5. The molecule has 0 unspecified atom stereocenters. The van der Waals surface area contributed by atoms with Crippen molar-refractivity contribution in [2.75, 3.05) is 4.90 Å². The molecule has 9 aromatic carbocycles. The number of hydrogen-bond acceptors (Lipinski definition) is 1. The summed E-state index contributed by atoms with van der Waals surface area (Å²) in [5.41, 5.74) is 8.55. The largest absolute Gasteiger partial charge is 0.310 e. The molecule has 1 aliphatic carbocycles. The van der Waals surface area contributed by atoms with Crippen LogP contribution in [0.15, 0.2) is 188 Å². The van der Waals surface area contributed by atoms with E-state index in [4.69, 9.17) is 0 Å². The van der Waals surface area contributed by atoms with Gasteiger partial charge >= 0.3 is 0 Å². The highest BCUT2D eigenvalue weighted by Crippen LogP contribution is 2.43. The Morgan fingerprint density at radius 1 is 0.373 bits per heavy atom. The summed E-state index contributed by atoms with van der Waals surface area (Å²) in [6, 6.07) is 62.5. The number of hydrogen-bond donors (Lipinski definition) is 0. The molecule has 0 fully saturated rings. The maximum Gasteiger partial charge on any atom is 0.0468 e. The fourth-order valence-corrected chi connectivity index (χ4v) is 8.15. The zero-order chi connectivity index (χ0) is 33.7. The minimum absolute atomic E-state index is 1.09. The summed E-state index contributed by atoms with van der Waals surface area (Å²) in [5.74, 6) is 0. The fraction of sp³-hybridized carbons (Fsp3) is 0.0400. The predicted octanol–water partition coefficient (Wildman–Crippen LogP) is 14.3. The highest BCUT2D eigenvalue weighted by Gasteiger charge is 2.17. The number of para-hydroxylation sites is 1. The van der Waals surface area contributed by atoms with E-state index in [1.54, 1.807) is 0 Å². The van der Waals surface area contributed by atoms with Gasteiger partial charge in [0.15, 0.2) is 0 Å². The van der Waals surface area contributed by atoms with Crippen molar-refractivity contribution in [2.24, 2.45) is 0 Å². The van der Waals surface area contributed by atoms with Crippen LogP contribution in [-0.4, -0.2) is 0 Å². The molecule has 0 radical (unpaired) electrons. The van der Waals surface area contributed by atoms with Gasteiger partial charge in [-0.25, -0.2) is 0 Å². The highest BCUT2D eigenvalue weighted by atomic mass is 15.1. The number of rotatable bonds is 5. The standard InChI is InChI=1S/C50H35N/c1-3-14-35(15-4-1)48-32-40-33-49(45-20-10-12-22-47(45)50(40)46-21-11-9-19-44(46)48)39-24-23-38-31-43(28-26-37(38)29-39)51(41-17-5-2-6-18-41)42-27-25-34-13-7-8-16-36(34)30-42/h2-3,5-33H,1,4H2. The zero-order valence-corrected chi connectivity index (χ0v) is 28.3. The molecule has 0 aromatic heterocycles. The quantitative estimate of drug-likeness (QED) is 0.168. The Kier molecular flexibility index (Phi) is 7.03. The topological polar surface area (TPSA) is 3.24 Å². The van der Waals surface area contributed by atoms with Gasteiger partial charge in [-0.15, -0.1) is 0 Å². The lowest BCUT2D eigenvalue weighted by atomic mass is 9.86. The second-order valence-electron chi connectivity index (χ2n) is 13.6. The maximum atomic E-state index is 2.42. The van der Waals surface area contributed by atoms with Gasteiger partial charge in [-0.1, -0.05) is 133 Å². The molecule has 0 aliphatic heterocycles. The van der Waals surface area contributed by atoms with Crippen LogP contribution in [0.4, 0.5) is 17.1 Å². The molecule has 9 aromatic rings. The average molecular weight is 650 g/mol. The molecule has 0 atom stereocenters. The molecule has 0 spiro atoms. The highest BCUT2D eigenvalue weighted by molar-refractivity contribution is 6.25. The predicted molar refractivity (Wildman–Crippen MR) is 220 cm³/mol. The Morgan fingerprint density at radius 3 is 1.67 bits per heavy atom. The molecule has 1 aliphatic rings. The Balaban J connectivity index is 1.13. The first-order chi connectivity index (χ1) is 25.3. The first-order valence-electron chi connectivity index (χ1n) is 17.9. The molecule has 10 rings (SSSR count). The Labute approximate surface area is 298 Å². The van der Waals surface area contributed by atoms with Crippen LogP contribution in [0.25, 0.3) is 70.6 Å². The lowest BCUT2D eigenvalue weighted by molar-refractivity contribution is 1.04. The van der Waals surface area contributed by atoms with Crippen molar-refractivity contribution in [1.82, 2.24) is 0 Å². The van der Waals surface area contributed by atoms with Gasteiger partial charge in [-0.05, 0) is 144 Å². The van der Waals surface area contributed by atoms with Crippen molar-refractivity contribution in [3.63, 3.8) is 0 Å². The first-order valence-corrected chi connectivity index (χ1v) is 17.9. The molecule has 0 amide bonds. The fourth-order valence-electron chi connectivity index (χ4n) is 8.15. The molecular weight excluding hydrogens is 615 g/mol. The van der Waals surface area contributed by atoms with Crippen molar-refractivity contribution in [2.45, 2.75) is 12.8 Å². The monoisotopic (exact) mass is 649 g/mol. The van der Waals surface area contributed by atoms with Gasteiger partial charge in [0.1, 0.15) is 0 Å². The summed E-state index contributed by atoms with van der Waals surface area (Å²) in [7, 11) is 0. The van der Waals surface area contributed by atoms with E-state index in [2.05, 4.69) is 193 Å². The minimum Gasteiger partial charge on any atom is -0.310 e. The molecule has 0 saturated heterocycles. The number of fused-ring (bicyclic) bond motifs is 7. The summed E-state index contributed by atoms with van der Waals surface area (Å²) in [5, 5.41) is 12.7. The van der Waals surface area contributed by atoms with E-state index in [1.165, 1.54) is 76.1 Å². The number of nitrogens with zero attached hydrogens (tertiary/aromatic N) is 1. The molecule has 0 N–H and O–H groups in total. The van der Waals surface area contributed by atoms with Gasteiger partial charge in [0.2, 0.25) is 0 Å². The molecule has 1 nitrogen and oxygen atoms in total. The van der Waals surface area contributed by atoms with Crippen molar-refractivity contribution >= 4 is 76.5 Å². The van der Waals surface area contributed by atoms with Crippen molar-refractivity contribution in [3.8, 4) is 11.1 Å². The lowest BCUT2D eigenvalue weighted by Crippen LogP contribution is -2.09. The third kappa shape index (κ3) is 5.09. The van der Waals surface area contributed by atoms with Crippen LogP contribution in [0.1, 0.15) is 18.4 Å². The Morgan fingerprint density at radius 2 is 0.941 bits per heavy atom. The molecule has 0 bridgehead atoms. The van der Waals surface area contributed by atoms with Gasteiger partial charge in [-0.3, -0.25) is 0 Å². The van der Waals surface area contributed by atoms with E-state index in [0.717, 1.165) is 29.9 Å². The van der Waals surface area contributed by atoms with Crippen LogP contribution in [0.2, 0.25) is 0 Å². The van der Waals surface area contributed by atoms with Crippen LogP contribution in [0, 0.1) is 0 Å². The second kappa shape index (κ2) is 12.2. The smallest absolute Gasteiger partial charge is 0.0468 e. The van der Waals surface area contributed by atoms with Gasteiger partial charge < -0.3 is 4.90 Å². The lowest BCUT2D eigenvalue weighted by Gasteiger charge is -2.26. The van der Waals surface area contributed by atoms with Crippen LogP contribution in [0.3, 0.4) is 0 Å². The third-order valence-electron chi connectivity index (χ3n) is 10.6. The SMILES string of the molecule is C1=CC(c2cc3cc(-c4ccc5cc(N(c6ccccc6)c6ccc7ccccc7c6)ccc5c4)c4ccccc4c3c3ccccc23)=CCC1. The van der Waals surface area contributed by atoms with Gasteiger partial charge in [0.05, 0.1) is 0 Å². The van der Waals surface area contributed by atoms with E-state index in [9.17, 15) is 0 Å². The molecular formula is C50H35N. The van der Waals surface area contributed by atoms with E-state index in [1.807, 2.05) is 0 Å². The van der Waals surface area contributed by atoms with Gasteiger partial charge in [0.25, 0.3) is 0 Å². The van der Waals surface area contributed by atoms with E-state index in [-0.39, 0.29) is 0 Å². The van der Waals surface area contributed by atoms with E-state index in [0.29, 0.717) is 0 Å². The normalized spacial score (nSPS) is 13.0. The van der Waals surface area contributed by atoms with Crippen LogP contribution < -0.4 is 4.90 Å². The summed E-state index contributed by atoms with van der Waals surface area (Å²) in [4.78, 5) is 2.36. The molecule has 0 heterocycles. The van der Waals surface area contributed by atoms with E-state index < -0.39 is 0 Å². The van der Waals surface area contributed by atoms with Crippen molar-refractivity contribution in [3.05, 3.63) is 194 Å². The summed E-state index contributed by atoms with van der Waals surface area (Å²) in [6.07, 6.45) is 9.20. The Hall–Kier alpha value is -6.44. The summed E-state index contributed by atoms with van der Waals surface area (Å²) < 4.78 is 0. The summed E-state index contributed by atoms with van der Waals surface area (Å²) in [6.45, 7) is 0. The van der Waals surface area contributed by atoms with Crippen LogP contribution in [0.5, 0.6) is 0 Å². The molecule has 0 saturated carbocycles.